The van der Waals surface area contributed by atoms with Crippen LogP contribution in [0.2, 0.25) is 0 Å². The van der Waals surface area contributed by atoms with Crippen molar-refractivity contribution in [2.45, 2.75) is 19.3 Å². The lowest BCUT2D eigenvalue weighted by atomic mass is 10.1. The molecule has 0 radical (unpaired) electrons. The molecule has 0 saturated carbocycles. The van der Waals surface area contributed by atoms with Crippen molar-refractivity contribution >= 4 is 38.9 Å². The lowest BCUT2D eigenvalue weighted by molar-refractivity contribution is -0.119. The highest BCUT2D eigenvalue weighted by atomic mass is 35.5. The molecule has 19 heavy (non-hydrogen) atoms. The number of benzene rings is 1. The van der Waals surface area contributed by atoms with E-state index in [1.54, 1.807) is 29.2 Å². The molecule has 0 aliphatic carbocycles. The Labute approximate surface area is 117 Å². The first-order chi connectivity index (χ1) is 9.02. The van der Waals surface area contributed by atoms with Crippen LogP contribution in [-0.4, -0.2) is 26.1 Å². The zero-order valence-electron chi connectivity index (χ0n) is 10.3. The van der Waals surface area contributed by atoms with Crippen LogP contribution in [0.3, 0.4) is 0 Å². The van der Waals surface area contributed by atoms with Crippen LogP contribution in [0.1, 0.15) is 19.3 Å². The number of carbonyl (C=O) groups excluding carboxylic acids is 1. The molecule has 0 unspecified atom stereocenters. The summed E-state index contributed by atoms with van der Waals surface area (Å²) in [5, 5.41) is -0.487. The van der Waals surface area contributed by atoms with E-state index in [4.69, 9.17) is 11.6 Å². The molecule has 1 amide bonds. The zero-order chi connectivity index (χ0) is 13.9. The van der Waals surface area contributed by atoms with Crippen molar-refractivity contribution in [3.05, 3.63) is 24.3 Å². The van der Waals surface area contributed by atoms with Crippen LogP contribution in [0.5, 0.6) is 0 Å². The van der Waals surface area contributed by atoms with E-state index in [9.17, 15) is 13.2 Å². The van der Waals surface area contributed by atoms with Gasteiger partial charge in [0, 0.05) is 24.3 Å². The predicted octanol–water partition coefficient (Wildman–Crippen LogP) is 2.14. The molecule has 2 rings (SSSR count). The standard InChI is InChI=1S/C12H15ClN2O3S/c13-9-19(17,18)14-10-4-6-11(7-5-10)15-8-2-1-3-12(15)16/h4-7,14H,1-3,8-9H2. The zero-order valence-corrected chi connectivity index (χ0v) is 11.9. The van der Waals surface area contributed by atoms with Gasteiger partial charge in [-0.3, -0.25) is 9.52 Å². The molecule has 1 saturated heterocycles. The maximum Gasteiger partial charge on any atom is 0.246 e. The highest BCUT2D eigenvalue weighted by Gasteiger charge is 2.19. The third-order valence-corrected chi connectivity index (χ3v) is 4.62. The Kier molecular flexibility index (Phi) is 4.31. The number of carbonyl (C=O) groups is 1. The first-order valence-electron chi connectivity index (χ1n) is 5.99. The molecular weight excluding hydrogens is 288 g/mol. The number of amides is 1. The van der Waals surface area contributed by atoms with Gasteiger partial charge in [0.2, 0.25) is 15.9 Å². The maximum absolute atomic E-state index is 11.8. The number of hydrogen-bond acceptors (Lipinski definition) is 3. The second kappa shape index (κ2) is 5.79. The number of alkyl halides is 1. The summed E-state index contributed by atoms with van der Waals surface area (Å²) in [6.07, 6.45) is 2.50. The summed E-state index contributed by atoms with van der Waals surface area (Å²) in [6.45, 7) is 0.714. The molecule has 7 heteroatoms. The third kappa shape index (κ3) is 3.61. The first kappa shape index (κ1) is 14.1. The lowest BCUT2D eigenvalue weighted by Gasteiger charge is -2.26. The molecule has 1 aromatic rings. The molecule has 0 aromatic heterocycles. The summed E-state index contributed by atoms with van der Waals surface area (Å²) in [5.41, 5.74) is 1.23. The molecule has 1 heterocycles. The van der Waals surface area contributed by atoms with Gasteiger partial charge in [-0.2, -0.15) is 0 Å². The minimum Gasteiger partial charge on any atom is -0.312 e. The number of rotatable bonds is 4. The Hall–Kier alpha value is -1.27. The van der Waals surface area contributed by atoms with Crippen molar-refractivity contribution < 1.29 is 13.2 Å². The summed E-state index contributed by atoms with van der Waals surface area (Å²) in [7, 11) is -3.49. The van der Waals surface area contributed by atoms with Crippen LogP contribution in [-0.2, 0) is 14.8 Å². The average molecular weight is 303 g/mol. The summed E-state index contributed by atoms with van der Waals surface area (Å²) in [6, 6.07) is 6.72. The van der Waals surface area contributed by atoms with Gasteiger partial charge in [-0.15, -0.1) is 11.6 Å². The smallest absolute Gasteiger partial charge is 0.246 e. The second-order valence-corrected chi connectivity index (χ2v) is 6.68. The molecule has 5 nitrogen and oxygen atoms in total. The van der Waals surface area contributed by atoms with Gasteiger partial charge >= 0.3 is 0 Å². The van der Waals surface area contributed by atoms with Gasteiger partial charge in [0.1, 0.15) is 5.21 Å². The van der Waals surface area contributed by atoms with Crippen molar-refractivity contribution in [3.63, 3.8) is 0 Å². The number of nitrogens with zero attached hydrogens (tertiary/aromatic N) is 1. The van der Waals surface area contributed by atoms with Gasteiger partial charge < -0.3 is 4.90 Å². The quantitative estimate of drug-likeness (QED) is 0.867. The van der Waals surface area contributed by atoms with E-state index in [1.165, 1.54) is 0 Å². The Morgan fingerprint density at radius 3 is 2.47 bits per heavy atom. The van der Waals surface area contributed by atoms with Crippen LogP contribution in [0, 0.1) is 0 Å². The second-order valence-electron chi connectivity index (χ2n) is 4.38. The average Bonchev–Trinajstić information content (AvgIpc) is 2.40. The minimum atomic E-state index is -3.49. The van der Waals surface area contributed by atoms with Crippen LogP contribution in [0.25, 0.3) is 0 Å². The van der Waals surface area contributed by atoms with Gasteiger partial charge in [0.15, 0.2) is 0 Å². The summed E-state index contributed by atoms with van der Waals surface area (Å²) in [5.74, 6) is 0.111. The number of sulfonamides is 1. The van der Waals surface area contributed by atoms with E-state index in [0.29, 0.717) is 18.7 Å². The molecule has 0 spiro atoms. The van der Waals surface area contributed by atoms with E-state index in [1.807, 2.05) is 0 Å². The number of halogens is 1. The molecule has 104 valence electrons. The molecular formula is C12H15ClN2O3S. The van der Waals surface area contributed by atoms with Crippen LogP contribution >= 0.6 is 11.6 Å². The van der Waals surface area contributed by atoms with Crippen molar-refractivity contribution in [2.75, 3.05) is 21.4 Å². The van der Waals surface area contributed by atoms with Crippen molar-refractivity contribution in [1.29, 1.82) is 0 Å². The maximum atomic E-state index is 11.8. The van der Waals surface area contributed by atoms with E-state index in [-0.39, 0.29) is 5.91 Å². The highest BCUT2D eigenvalue weighted by Crippen LogP contribution is 2.23. The minimum absolute atomic E-state index is 0.111. The SMILES string of the molecule is O=C1CCCCN1c1ccc(NS(=O)(=O)CCl)cc1. The Balaban J connectivity index is 2.12. The fraction of sp³-hybridized carbons (Fsp3) is 0.417. The van der Waals surface area contributed by atoms with Crippen LogP contribution in [0.4, 0.5) is 11.4 Å². The molecule has 1 aliphatic rings. The van der Waals surface area contributed by atoms with Gasteiger partial charge in [-0.25, -0.2) is 8.42 Å². The van der Waals surface area contributed by atoms with Gasteiger partial charge in [-0.1, -0.05) is 0 Å². The van der Waals surface area contributed by atoms with Gasteiger partial charge in [-0.05, 0) is 37.1 Å². The van der Waals surface area contributed by atoms with Crippen molar-refractivity contribution in [1.82, 2.24) is 0 Å². The number of piperidine rings is 1. The van der Waals surface area contributed by atoms with Crippen LogP contribution in [0.15, 0.2) is 24.3 Å². The molecule has 1 aromatic carbocycles. The lowest BCUT2D eigenvalue weighted by Crippen LogP contribution is -2.35. The highest BCUT2D eigenvalue weighted by molar-refractivity contribution is 7.93. The first-order valence-corrected chi connectivity index (χ1v) is 8.17. The van der Waals surface area contributed by atoms with E-state index >= 15 is 0 Å². The Bertz CT molecular complexity index is 557. The van der Waals surface area contributed by atoms with E-state index in [0.717, 1.165) is 18.5 Å². The fourth-order valence-corrected chi connectivity index (χ4v) is 2.71. The number of anilines is 2. The summed E-state index contributed by atoms with van der Waals surface area (Å²) >= 11 is 5.31. The van der Waals surface area contributed by atoms with Crippen molar-refractivity contribution in [3.8, 4) is 0 Å². The fourth-order valence-electron chi connectivity index (χ4n) is 2.00. The summed E-state index contributed by atoms with van der Waals surface area (Å²) in [4.78, 5) is 13.5. The Morgan fingerprint density at radius 2 is 1.89 bits per heavy atom. The molecule has 0 atom stereocenters. The largest absolute Gasteiger partial charge is 0.312 e. The topological polar surface area (TPSA) is 66.5 Å². The third-order valence-electron chi connectivity index (χ3n) is 2.92. The Morgan fingerprint density at radius 1 is 1.21 bits per heavy atom. The number of nitrogens with one attached hydrogen (secondary N) is 1. The molecule has 1 N–H and O–H groups in total. The molecule has 0 bridgehead atoms. The number of hydrogen-bond donors (Lipinski definition) is 1. The van der Waals surface area contributed by atoms with Gasteiger partial charge in [0.05, 0.1) is 0 Å². The van der Waals surface area contributed by atoms with Crippen molar-refractivity contribution in [2.24, 2.45) is 0 Å². The predicted molar refractivity (Wildman–Crippen MR) is 75.9 cm³/mol. The van der Waals surface area contributed by atoms with Gasteiger partial charge in [0.25, 0.3) is 0 Å². The van der Waals surface area contributed by atoms with Crippen LogP contribution < -0.4 is 9.62 Å². The molecule has 1 aliphatic heterocycles. The molecule has 1 fully saturated rings. The summed E-state index contributed by atoms with van der Waals surface area (Å²) < 4.78 is 24.9. The normalized spacial score (nSPS) is 16.5. The van der Waals surface area contributed by atoms with E-state index in [2.05, 4.69) is 4.72 Å². The monoisotopic (exact) mass is 302 g/mol. The van der Waals surface area contributed by atoms with E-state index < -0.39 is 15.2 Å².